The number of rotatable bonds is 2. The normalized spacial score (nSPS) is 19.5. The molecular weight excluding hydrogens is 343 g/mol. The number of alkyl halides is 3. The quantitative estimate of drug-likeness (QED) is 0.876. The molecule has 0 spiro atoms. The van der Waals surface area contributed by atoms with E-state index in [0.717, 1.165) is 62.9 Å². The maximum atomic E-state index is 13.3. The van der Waals surface area contributed by atoms with Crippen LogP contribution in [0.15, 0.2) is 18.2 Å². The average molecular weight is 365 g/mol. The number of hydrogen-bond acceptors (Lipinski definition) is 3. The third kappa shape index (κ3) is 3.14. The van der Waals surface area contributed by atoms with Crippen molar-refractivity contribution in [2.24, 2.45) is 0 Å². The van der Waals surface area contributed by atoms with Crippen LogP contribution >= 0.6 is 0 Å². The van der Waals surface area contributed by atoms with Crippen LogP contribution in [0, 0.1) is 6.92 Å². The molecule has 0 radical (unpaired) electrons. The van der Waals surface area contributed by atoms with Crippen molar-refractivity contribution >= 4 is 0 Å². The summed E-state index contributed by atoms with van der Waals surface area (Å²) in [6.45, 7) is 4.75. The molecule has 1 saturated heterocycles. The predicted octanol–water partition coefficient (Wildman–Crippen LogP) is 3.94. The number of hydrogen-bond donors (Lipinski definition) is 1. The number of aromatic nitrogens is 2. The minimum atomic E-state index is -4.36. The molecule has 2 aliphatic heterocycles. The number of benzene rings is 1. The molecule has 3 heterocycles. The molecule has 0 bridgehead atoms. The molecule has 1 N–H and O–H groups in total. The summed E-state index contributed by atoms with van der Waals surface area (Å²) in [5.74, 6) is 0. The molecule has 1 aromatic carbocycles. The van der Waals surface area contributed by atoms with E-state index in [-0.39, 0.29) is 5.56 Å². The zero-order valence-corrected chi connectivity index (χ0v) is 14.7. The van der Waals surface area contributed by atoms with Gasteiger partial charge in [0.05, 0.1) is 11.3 Å². The minimum Gasteiger partial charge on any atom is -0.381 e. The lowest BCUT2D eigenvalue weighted by molar-refractivity contribution is -0.138. The van der Waals surface area contributed by atoms with Crippen molar-refractivity contribution in [3.63, 3.8) is 0 Å². The van der Waals surface area contributed by atoms with E-state index in [9.17, 15) is 13.2 Å². The summed E-state index contributed by atoms with van der Waals surface area (Å²) in [6.07, 6.45) is -1.50. The topological polar surface area (TPSA) is 41.2 Å². The second kappa shape index (κ2) is 6.70. The van der Waals surface area contributed by atoms with E-state index in [1.807, 2.05) is 0 Å². The van der Waals surface area contributed by atoms with Crippen molar-refractivity contribution < 1.29 is 17.9 Å². The average Bonchev–Trinajstić information content (AvgIpc) is 3.04. The van der Waals surface area contributed by atoms with E-state index in [1.54, 1.807) is 6.07 Å². The first kappa shape index (κ1) is 17.5. The number of halogens is 3. The number of aromatic amines is 1. The van der Waals surface area contributed by atoms with Crippen LogP contribution in [-0.2, 0) is 23.9 Å². The lowest BCUT2D eigenvalue weighted by Gasteiger charge is -2.36. The van der Waals surface area contributed by atoms with Crippen LogP contribution in [0.4, 0.5) is 13.2 Å². The third-order valence-corrected chi connectivity index (χ3v) is 5.56. The van der Waals surface area contributed by atoms with Crippen LogP contribution in [0.2, 0.25) is 0 Å². The van der Waals surface area contributed by atoms with Crippen LogP contribution < -0.4 is 0 Å². The van der Waals surface area contributed by atoms with Crippen LogP contribution in [-0.4, -0.2) is 40.9 Å². The van der Waals surface area contributed by atoms with Gasteiger partial charge in [-0.1, -0.05) is 12.1 Å². The van der Waals surface area contributed by atoms with Gasteiger partial charge in [0.1, 0.15) is 0 Å². The first-order valence-corrected chi connectivity index (χ1v) is 9.00. The van der Waals surface area contributed by atoms with Crippen molar-refractivity contribution in [2.75, 3.05) is 19.8 Å². The van der Waals surface area contributed by atoms with E-state index >= 15 is 0 Å². The summed E-state index contributed by atoms with van der Waals surface area (Å²) < 4.78 is 45.2. The van der Waals surface area contributed by atoms with E-state index in [2.05, 4.69) is 15.1 Å². The number of ether oxygens (including phenoxy) is 1. The molecule has 4 nitrogen and oxygen atoms in total. The Kier molecular flexibility index (Phi) is 4.52. The number of nitrogens with zero attached hydrogens (tertiary/aromatic N) is 2. The molecule has 1 aromatic heterocycles. The fourth-order valence-electron chi connectivity index (χ4n) is 4.10. The number of nitrogens with one attached hydrogen (secondary N) is 1. The smallest absolute Gasteiger partial charge is 0.381 e. The summed E-state index contributed by atoms with van der Waals surface area (Å²) in [5.41, 5.74) is 2.93. The lowest BCUT2D eigenvalue weighted by Crippen LogP contribution is -2.42. The Bertz CT molecular complexity index is 794. The summed E-state index contributed by atoms with van der Waals surface area (Å²) in [7, 11) is 0. The standard InChI is InChI=1S/C19H22F3N3O/c1-12-14(3-2-4-16(12)19(20,21)22)18-15-11-25(8-5-17(15)23-24-18)13-6-9-26-10-7-13/h2-4,13H,5-11H2,1H3,(H,23,24). The maximum absolute atomic E-state index is 13.3. The summed E-state index contributed by atoms with van der Waals surface area (Å²) in [5, 5.41) is 7.44. The Morgan fingerprint density at radius 2 is 2.00 bits per heavy atom. The zero-order valence-electron chi connectivity index (χ0n) is 14.7. The summed E-state index contributed by atoms with van der Waals surface area (Å²) in [6, 6.07) is 4.80. The summed E-state index contributed by atoms with van der Waals surface area (Å²) >= 11 is 0. The van der Waals surface area contributed by atoms with Gasteiger partial charge in [-0.15, -0.1) is 0 Å². The Morgan fingerprint density at radius 1 is 1.23 bits per heavy atom. The molecule has 0 saturated carbocycles. The van der Waals surface area contributed by atoms with E-state index < -0.39 is 11.7 Å². The van der Waals surface area contributed by atoms with Crippen molar-refractivity contribution in [3.8, 4) is 11.3 Å². The van der Waals surface area contributed by atoms with Gasteiger partial charge in [-0.3, -0.25) is 10.00 Å². The Labute approximate surface area is 150 Å². The van der Waals surface area contributed by atoms with Gasteiger partial charge in [-0.2, -0.15) is 18.3 Å². The minimum absolute atomic E-state index is 0.234. The molecule has 0 amide bonds. The monoisotopic (exact) mass is 365 g/mol. The molecule has 0 aliphatic carbocycles. The Balaban J connectivity index is 1.68. The lowest BCUT2D eigenvalue weighted by atomic mass is 9.94. The fraction of sp³-hybridized carbons (Fsp3) is 0.526. The van der Waals surface area contributed by atoms with Gasteiger partial charge in [0.2, 0.25) is 0 Å². The largest absolute Gasteiger partial charge is 0.416 e. The highest BCUT2D eigenvalue weighted by Gasteiger charge is 2.34. The van der Waals surface area contributed by atoms with Gasteiger partial charge >= 0.3 is 6.18 Å². The molecular formula is C19H22F3N3O. The molecule has 1 fully saturated rings. The van der Waals surface area contributed by atoms with Crippen LogP contribution in [0.3, 0.4) is 0 Å². The molecule has 26 heavy (non-hydrogen) atoms. The molecule has 140 valence electrons. The van der Waals surface area contributed by atoms with Gasteiger partial charge in [0.15, 0.2) is 0 Å². The zero-order chi connectivity index (χ0) is 18.3. The van der Waals surface area contributed by atoms with Crippen molar-refractivity contribution in [1.82, 2.24) is 15.1 Å². The molecule has 2 aromatic rings. The van der Waals surface area contributed by atoms with E-state index in [0.29, 0.717) is 17.3 Å². The number of H-pyrrole nitrogens is 1. The fourth-order valence-corrected chi connectivity index (χ4v) is 4.10. The molecule has 0 unspecified atom stereocenters. The van der Waals surface area contributed by atoms with Crippen LogP contribution in [0.25, 0.3) is 11.3 Å². The Hall–Kier alpha value is -1.86. The Morgan fingerprint density at radius 3 is 2.73 bits per heavy atom. The first-order valence-electron chi connectivity index (χ1n) is 9.00. The highest BCUT2D eigenvalue weighted by Crippen LogP contribution is 2.38. The second-order valence-corrected chi connectivity index (χ2v) is 7.07. The molecule has 7 heteroatoms. The second-order valence-electron chi connectivity index (χ2n) is 7.07. The van der Waals surface area contributed by atoms with Crippen molar-refractivity contribution in [1.29, 1.82) is 0 Å². The van der Waals surface area contributed by atoms with Gasteiger partial charge < -0.3 is 4.74 Å². The molecule has 2 aliphatic rings. The van der Waals surface area contributed by atoms with E-state index in [1.165, 1.54) is 13.0 Å². The highest BCUT2D eigenvalue weighted by atomic mass is 19.4. The van der Waals surface area contributed by atoms with Gasteiger partial charge in [-0.25, -0.2) is 0 Å². The summed E-state index contributed by atoms with van der Waals surface area (Å²) in [4.78, 5) is 2.42. The first-order chi connectivity index (χ1) is 12.4. The van der Waals surface area contributed by atoms with Crippen molar-refractivity contribution in [2.45, 2.75) is 44.9 Å². The maximum Gasteiger partial charge on any atom is 0.416 e. The molecule has 0 atom stereocenters. The van der Waals surface area contributed by atoms with Gasteiger partial charge in [0.25, 0.3) is 0 Å². The number of fused-ring (bicyclic) bond motifs is 1. The third-order valence-electron chi connectivity index (χ3n) is 5.56. The van der Waals surface area contributed by atoms with Crippen LogP contribution in [0.5, 0.6) is 0 Å². The molecule has 4 rings (SSSR count). The van der Waals surface area contributed by atoms with Gasteiger partial charge in [-0.05, 0) is 31.4 Å². The predicted molar refractivity (Wildman–Crippen MR) is 91.7 cm³/mol. The van der Waals surface area contributed by atoms with Crippen LogP contribution in [0.1, 0.15) is 35.2 Å². The van der Waals surface area contributed by atoms with Crippen molar-refractivity contribution in [3.05, 3.63) is 40.6 Å². The van der Waals surface area contributed by atoms with Gasteiger partial charge in [0, 0.05) is 55.6 Å². The highest BCUT2D eigenvalue weighted by molar-refractivity contribution is 5.69. The van der Waals surface area contributed by atoms with E-state index in [4.69, 9.17) is 4.74 Å². The SMILES string of the molecule is Cc1c(-c2n[nH]c3c2CN(C2CCOCC2)CC3)cccc1C(F)(F)F.